The van der Waals surface area contributed by atoms with Crippen LogP contribution in [0.15, 0.2) is 30.6 Å². The Bertz CT molecular complexity index is 840. The highest BCUT2D eigenvalue weighted by Gasteiger charge is 2.40. The third-order valence-electron chi connectivity index (χ3n) is 5.13. The average Bonchev–Trinajstić information content (AvgIpc) is 3.17. The van der Waals surface area contributed by atoms with E-state index in [2.05, 4.69) is 20.2 Å². The van der Waals surface area contributed by atoms with Gasteiger partial charge in [0, 0.05) is 38.3 Å². The van der Waals surface area contributed by atoms with Gasteiger partial charge in [-0.15, -0.1) is 0 Å². The Labute approximate surface area is 163 Å². The van der Waals surface area contributed by atoms with E-state index in [1.54, 1.807) is 19.5 Å². The molecule has 8 heteroatoms. The number of nitrogens with one attached hydrogen (secondary N) is 1. The molecule has 8 nitrogen and oxygen atoms in total. The molecule has 0 saturated carbocycles. The lowest BCUT2D eigenvalue weighted by atomic mass is 10.0. The summed E-state index contributed by atoms with van der Waals surface area (Å²) in [5, 5.41) is 2.86. The molecule has 1 aromatic carbocycles. The molecule has 2 aliphatic heterocycles. The number of benzene rings is 1. The van der Waals surface area contributed by atoms with Gasteiger partial charge in [0.2, 0.25) is 5.95 Å². The summed E-state index contributed by atoms with van der Waals surface area (Å²) in [6.07, 6.45) is 4.66. The molecule has 0 unspecified atom stereocenters. The number of rotatable bonds is 4. The molecule has 2 aromatic rings. The molecule has 0 radical (unpaired) electrons. The highest BCUT2D eigenvalue weighted by Crippen LogP contribution is 2.32. The SMILES string of the molecule is COc1ccc(C)cc1NC(=O)c1cnc(N2CCC3(CC2)OCCO3)nc1. The highest BCUT2D eigenvalue weighted by molar-refractivity contribution is 6.04. The molecule has 1 aromatic heterocycles. The summed E-state index contributed by atoms with van der Waals surface area (Å²) in [5.41, 5.74) is 2.04. The maximum atomic E-state index is 12.6. The maximum absolute atomic E-state index is 12.6. The van der Waals surface area contributed by atoms with E-state index in [1.807, 2.05) is 25.1 Å². The van der Waals surface area contributed by atoms with Crippen molar-refractivity contribution in [3.8, 4) is 5.75 Å². The molecule has 0 aliphatic carbocycles. The number of amides is 1. The Kier molecular flexibility index (Phi) is 5.15. The van der Waals surface area contributed by atoms with Gasteiger partial charge in [0.1, 0.15) is 5.75 Å². The van der Waals surface area contributed by atoms with Crippen molar-refractivity contribution in [2.75, 3.05) is 43.6 Å². The molecule has 0 atom stereocenters. The Balaban J connectivity index is 1.41. The lowest BCUT2D eigenvalue weighted by Gasteiger charge is -2.37. The van der Waals surface area contributed by atoms with Gasteiger partial charge in [-0.3, -0.25) is 4.79 Å². The van der Waals surface area contributed by atoms with Crippen LogP contribution < -0.4 is 15.0 Å². The normalized spacial score (nSPS) is 18.3. The zero-order valence-corrected chi connectivity index (χ0v) is 16.1. The van der Waals surface area contributed by atoms with Gasteiger partial charge in [0.05, 0.1) is 31.6 Å². The van der Waals surface area contributed by atoms with Crippen molar-refractivity contribution in [2.24, 2.45) is 0 Å². The molecular weight excluding hydrogens is 360 g/mol. The van der Waals surface area contributed by atoms with Gasteiger partial charge in [-0.25, -0.2) is 9.97 Å². The number of aryl methyl sites for hydroxylation is 1. The molecule has 1 amide bonds. The second kappa shape index (κ2) is 7.73. The fourth-order valence-electron chi connectivity index (χ4n) is 3.55. The number of carbonyl (C=O) groups is 1. The first-order valence-electron chi connectivity index (χ1n) is 9.39. The largest absolute Gasteiger partial charge is 0.495 e. The zero-order valence-electron chi connectivity index (χ0n) is 16.1. The van der Waals surface area contributed by atoms with Crippen molar-refractivity contribution in [1.82, 2.24) is 9.97 Å². The quantitative estimate of drug-likeness (QED) is 0.866. The lowest BCUT2D eigenvalue weighted by molar-refractivity contribution is -0.169. The van der Waals surface area contributed by atoms with Crippen molar-refractivity contribution in [2.45, 2.75) is 25.6 Å². The summed E-state index contributed by atoms with van der Waals surface area (Å²) in [6, 6.07) is 5.62. The number of aromatic nitrogens is 2. The molecule has 2 aliphatic rings. The Morgan fingerprint density at radius 2 is 1.86 bits per heavy atom. The van der Waals surface area contributed by atoms with E-state index in [0.717, 1.165) is 31.5 Å². The standard InChI is InChI=1S/C20H24N4O4/c1-14-3-4-17(26-2)16(11-14)23-18(25)15-12-21-19(22-13-15)24-7-5-20(6-8-24)27-9-10-28-20/h3-4,11-13H,5-10H2,1-2H3,(H,23,25). The van der Waals surface area contributed by atoms with E-state index in [1.165, 1.54) is 0 Å². The minimum atomic E-state index is -0.427. The van der Waals surface area contributed by atoms with Gasteiger partial charge in [0.25, 0.3) is 5.91 Å². The summed E-state index contributed by atoms with van der Waals surface area (Å²) in [5.74, 6) is 0.511. The number of nitrogens with zero attached hydrogens (tertiary/aromatic N) is 3. The van der Waals surface area contributed by atoms with E-state index < -0.39 is 5.79 Å². The van der Waals surface area contributed by atoms with Crippen molar-refractivity contribution in [3.63, 3.8) is 0 Å². The smallest absolute Gasteiger partial charge is 0.258 e. The summed E-state index contributed by atoms with van der Waals surface area (Å²) in [4.78, 5) is 23.4. The van der Waals surface area contributed by atoms with Crippen LogP contribution in [-0.2, 0) is 9.47 Å². The average molecular weight is 384 g/mol. The van der Waals surface area contributed by atoms with Gasteiger partial charge in [-0.1, -0.05) is 6.07 Å². The van der Waals surface area contributed by atoms with Gasteiger partial charge >= 0.3 is 0 Å². The van der Waals surface area contributed by atoms with Crippen LogP contribution in [0.1, 0.15) is 28.8 Å². The first kappa shape index (κ1) is 18.6. The first-order valence-corrected chi connectivity index (χ1v) is 9.39. The maximum Gasteiger partial charge on any atom is 0.258 e. The van der Waals surface area contributed by atoms with Crippen LogP contribution in [0.5, 0.6) is 5.75 Å². The summed E-state index contributed by atoms with van der Waals surface area (Å²) >= 11 is 0. The highest BCUT2D eigenvalue weighted by atomic mass is 16.7. The monoisotopic (exact) mass is 384 g/mol. The lowest BCUT2D eigenvalue weighted by Crippen LogP contribution is -2.45. The minimum absolute atomic E-state index is 0.277. The predicted octanol–water partition coefficient (Wildman–Crippen LogP) is 2.39. The van der Waals surface area contributed by atoms with Crippen LogP contribution in [-0.4, -0.2) is 55.1 Å². The fourth-order valence-corrected chi connectivity index (χ4v) is 3.55. The number of anilines is 2. The fraction of sp³-hybridized carbons (Fsp3) is 0.450. The molecule has 4 rings (SSSR count). The van der Waals surface area contributed by atoms with Crippen LogP contribution in [0.4, 0.5) is 11.6 Å². The predicted molar refractivity (Wildman–Crippen MR) is 104 cm³/mol. The molecular formula is C20H24N4O4. The minimum Gasteiger partial charge on any atom is -0.495 e. The summed E-state index contributed by atoms with van der Waals surface area (Å²) in [7, 11) is 1.57. The van der Waals surface area contributed by atoms with Crippen LogP contribution in [0.3, 0.4) is 0 Å². The second-order valence-electron chi connectivity index (χ2n) is 7.02. The van der Waals surface area contributed by atoms with E-state index in [-0.39, 0.29) is 5.91 Å². The van der Waals surface area contributed by atoms with Gasteiger partial charge in [0.15, 0.2) is 5.79 Å². The topological polar surface area (TPSA) is 85.8 Å². The van der Waals surface area contributed by atoms with E-state index in [9.17, 15) is 4.79 Å². The number of hydrogen-bond donors (Lipinski definition) is 1. The molecule has 3 heterocycles. The van der Waals surface area contributed by atoms with Gasteiger partial charge < -0.3 is 24.4 Å². The Morgan fingerprint density at radius 3 is 2.50 bits per heavy atom. The van der Waals surface area contributed by atoms with Gasteiger partial charge in [-0.2, -0.15) is 0 Å². The number of methoxy groups -OCH3 is 1. The third kappa shape index (κ3) is 3.79. The van der Waals surface area contributed by atoms with Crippen LogP contribution >= 0.6 is 0 Å². The van der Waals surface area contributed by atoms with Gasteiger partial charge in [-0.05, 0) is 24.6 Å². The van der Waals surface area contributed by atoms with Crippen molar-refractivity contribution >= 4 is 17.5 Å². The molecule has 1 spiro atoms. The molecule has 0 bridgehead atoms. The van der Waals surface area contributed by atoms with E-state index in [0.29, 0.717) is 36.2 Å². The van der Waals surface area contributed by atoms with Crippen LogP contribution in [0.25, 0.3) is 0 Å². The number of piperidine rings is 1. The van der Waals surface area contributed by atoms with Crippen LogP contribution in [0, 0.1) is 6.92 Å². The van der Waals surface area contributed by atoms with Crippen LogP contribution in [0.2, 0.25) is 0 Å². The Hall–Kier alpha value is -2.71. The van der Waals surface area contributed by atoms with Crippen molar-refractivity contribution < 1.29 is 19.0 Å². The number of carbonyl (C=O) groups excluding carboxylic acids is 1. The molecule has 28 heavy (non-hydrogen) atoms. The van der Waals surface area contributed by atoms with E-state index >= 15 is 0 Å². The second-order valence-corrected chi connectivity index (χ2v) is 7.02. The first-order chi connectivity index (χ1) is 13.6. The molecule has 2 fully saturated rings. The van der Waals surface area contributed by atoms with Crippen molar-refractivity contribution in [3.05, 3.63) is 41.7 Å². The Morgan fingerprint density at radius 1 is 1.18 bits per heavy atom. The molecule has 148 valence electrons. The summed E-state index contributed by atoms with van der Waals surface area (Å²) < 4.78 is 16.8. The third-order valence-corrected chi connectivity index (χ3v) is 5.13. The van der Waals surface area contributed by atoms with E-state index in [4.69, 9.17) is 14.2 Å². The number of hydrogen-bond acceptors (Lipinski definition) is 7. The molecule has 1 N–H and O–H groups in total. The summed E-state index contributed by atoms with van der Waals surface area (Å²) in [6.45, 7) is 4.79. The molecule has 2 saturated heterocycles. The van der Waals surface area contributed by atoms with Crippen molar-refractivity contribution in [1.29, 1.82) is 0 Å². The zero-order chi connectivity index (χ0) is 19.6. The number of ether oxygens (including phenoxy) is 3.